The van der Waals surface area contributed by atoms with Gasteiger partial charge < -0.3 is 4.74 Å². The average molecular weight is 266 g/mol. The molecule has 0 saturated heterocycles. The van der Waals surface area contributed by atoms with Crippen molar-refractivity contribution in [2.45, 2.75) is 0 Å². The molecule has 1 N–H and O–H groups in total. The van der Waals surface area contributed by atoms with E-state index in [1.165, 1.54) is 7.11 Å². The Bertz CT molecular complexity index is 348. The fourth-order valence-corrected chi connectivity index (χ4v) is 2.23. The molecule has 0 saturated carbocycles. The lowest BCUT2D eigenvalue weighted by molar-refractivity contribution is 0.217. The van der Waals surface area contributed by atoms with Gasteiger partial charge in [0.05, 0.1) is 18.1 Å². The quantitative estimate of drug-likeness (QED) is 0.604. The van der Waals surface area contributed by atoms with Gasteiger partial charge in [0.1, 0.15) is 0 Å². The summed E-state index contributed by atoms with van der Waals surface area (Å²) in [5.74, 6) is -0.632. The van der Waals surface area contributed by atoms with E-state index < -0.39 is 24.8 Å². The van der Waals surface area contributed by atoms with Crippen LogP contribution in [0.5, 0.6) is 0 Å². The van der Waals surface area contributed by atoms with Crippen molar-refractivity contribution in [2.75, 3.05) is 31.8 Å². The Morgan fingerprint density at radius 2 is 1.79 bits per heavy atom. The van der Waals surface area contributed by atoms with Crippen LogP contribution in [0.15, 0.2) is 0 Å². The highest BCUT2D eigenvalue weighted by atomic mass is 35.7. The van der Waals surface area contributed by atoms with E-state index in [2.05, 4.69) is 9.46 Å². The molecule has 0 spiro atoms. The van der Waals surface area contributed by atoms with Gasteiger partial charge in [-0.15, -0.1) is 0 Å². The molecule has 0 aromatic rings. The van der Waals surface area contributed by atoms with Crippen molar-refractivity contribution < 1.29 is 21.6 Å². The van der Waals surface area contributed by atoms with E-state index in [9.17, 15) is 16.8 Å². The molecule has 0 aromatic carbocycles. The van der Waals surface area contributed by atoms with Crippen LogP contribution in [0.3, 0.4) is 0 Å². The van der Waals surface area contributed by atoms with Crippen molar-refractivity contribution in [1.82, 2.24) is 4.72 Å². The number of halogens is 1. The third-order valence-corrected chi connectivity index (χ3v) is 3.73. The molecular weight excluding hydrogens is 254 g/mol. The smallest absolute Gasteiger partial charge is 0.233 e. The number of nitrogens with one attached hydrogen (secondary N) is 1. The molecule has 6 nitrogen and oxygen atoms in total. The molecular formula is C5H12ClNO5S2. The molecule has 0 bridgehead atoms. The van der Waals surface area contributed by atoms with Gasteiger partial charge in [-0.2, -0.15) is 0 Å². The third-order valence-electron chi connectivity index (χ3n) is 1.22. The van der Waals surface area contributed by atoms with E-state index >= 15 is 0 Å². The predicted molar refractivity (Wildman–Crippen MR) is 53.3 cm³/mol. The molecule has 0 rings (SSSR count). The van der Waals surface area contributed by atoms with Crippen LogP contribution < -0.4 is 4.72 Å². The van der Waals surface area contributed by atoms with Gasteiger partial charge in [-0.25, -0.2) is 21.6 Å². The summed E-state index contributed by atoms with van der Waals surface area (Å²) in [6.45, 7) is -0.166. The van der Waals surface area contributed by atoms with Crippen molar-refractivity contribution in [3.8, 4) is 0 Å². The SMILES string of the molecule is COCCS(=O)(=O)NCCS(=O)(=O)Cl. The highest BCUT2D eigenvalue weighted by Crippen LogP contribution is 1.94. The first-order chi connectivity index (χ1) is 6.27. The lowest BCUT2D eigenvalue weighted by atomic mass is 10.8. The lowest BCUT2D eigenvalue weighted by Gasteiger charge is -2.04. The zero-order valence-electron chi connectivity index (χ0n) is 7.56. The van der Waals surface area contributed by atoms with Crippen LogP contribution >= 0.6 is 10.7 Å². The summed E-state index contributed by atoms with van der Waals surface area (Å²) in [5.41, 5.74) is 0. The Kier molecular flexibility index (Phi) is 5.91. The number of hydrogen-bond acceptors (Lipinski definition) is 5. The van der Waals surface area contributed by atoms with Crippen molar-refractivity contribution in [2.24, 2.45) is 0 Å². The van der Waals surface area contributed by atoms with Crippen LogP contribution in [0, 0.1) is 0 Å². The molecule has 0 aliphatic rings. The zero-order valence-corrected chi connectivity index (χ0v) is 9.95. The Hall–Kier alpha value is 0.110. The first-order valence-electron chi connectivity index (χ1n) is 3.65. The molecule has 9 heteroatoms. The fourth-order valence-electron chi connectivity index (χ4n) is 0.584. The van der Waals surface area contributed by atoms with Crippen LogP contribution in [0.25, 0.3) is 0 Å². The predicted octanol–water partition coefficient (Wildman–Crippen LogP) is -0.879. The van der Waals surface area contributed by atoms with E-state index in [1.807, 2.05) is 0 Å². The molecule has 86 valence electrons. The summed E-state index contributed by atoms with van der Waals surface area (Å²) < 4.78 is 49.6. The Morgan fingerprint density at radius 1 is 1.21 bits per heavy atom. The maximum Gasteiger partial charge on any atom is 0.233 e. The summed E-state index contributed by atoms with van der Waals surface area (Å²) in [6.07, 6.45) is 0. The third kappa shape index (κ3) is 8.70. The first-order valence-corrected chi connectivity index (χ1v) is 7.78. The normalized spacial score (nSPS) is 13.0. The van der Waals surface area contributed by atoms with E-state index in [0.717, 1.165) is 0 Å². The van der Waals surface area contributed by atoms with Crippen LogP contribution in [0.1, 0.15) is 0 Å². The number of methoxy groups -OCH3 is 1. The van der Waals surface area contributed by atoms with E-state index in [0.29, 0.717) is 0 Å². The van der Waals surface area contributed by atoms with E-state index in [4.69, 9.17) is 10.7 Å². The number of sulfonamides is 1. The maximum absolute atomic E-state index is 11.0. The van der Waals surface area contributed by atoms with Gasteiger partial charge in [0.2, 0.25) is 19.1 Å². The minimum Gasteiger partial charge on any atom is -0.384 e. The van der Waals surface area contributed by atoms with E-state index in [-0.39, 0.29) is 18.9 Å². The topological polar surface area (TPSA) is 89.5 Å². The molecule has 14 heavy (non-hydrogen) atoms. The maximum atomic E-state index is 11.0. The van der Waals surface area contributed by atoms with Gasteiger partial charge in [-0.3, -0.25) is 0 Å². The van der Waals surface area contributed by atoms with E-state index in [1.54, 1.807) is 0 Å². The number of ether oxygens (including phenoxy) is 1. The number of hydrogen-bond donors (Lipinski definition) is 1. The first kappa shape index (κ1) is 14.1. The highest BCUT2D eigenvalue weighted by molar-refractivity contribution is 8.13. The lowest BCUT2D eigenvalue weighted by Crippen LogP contribution is -2.31. The Labute approximate surface area is 88.1 Å². The highest BCUT2D eigenvalue weighted by Gasteiger charge is 2.11. The monoisotopic (exact) mass is 265 g/mol. The second kappa shape index (κ2) is 5.86. The molecule has 0 amide bonds. The zero-order chi connectivity index (χ0) is 11.2. The molecule has 0 aliphatic carbocycles. The van der Waals surface area contributed by atoms with Gasteiger partial charge in [-0.1, -0.05) is 0 Å². The Balaban J connectivity index is 3.89. The second-order valence-corrected chi connectivity index (χ2v) is 7.27. The van der Waals surface area contributed by atoms with Gasteiger partial charge in [0.25, 0.3) is 0 Å². The van der Waals surface area contributed by atoms with Crippen LogP contribution in [0.4, 0.5) is 0 Å². The summed E-state index contributed by atoms with van der Waals surface area (Å²) in [7, 11) is -0.864. The average Bonchev–Trinajstić information content (AvgIpc) is 1.98. The van der Waals surface area contributed by atoms with Gasteiger partial charge in [0.15, 0.2) is 0 Å². The van der Waals surface area contributed by atoms with Crippen molar-refractivity contribution >= 4 is 29.8 Å². The van der Waals surface area contributed by atoms with Crippen molar-refractivity contribution in [1.29, 1.82) is 0 Å². The van der Waals surface area contributed by atoms with Gasteiger partial charge >= 0.3 is 0 Å². The fraction of sp³-hybridized carbons (Fsp3) is 1.00. The summed E-state index contributed by atoms with van der Waals surface area (Å²) in [6, 6.07) is 0. The van der Waals surface area contributed by atoms with Gasteiger partial charge in [0, 0.05) is 24.3 Å². The largest absolute Gasteiger partial charge is 0.384 e. The van der Waals surface area contributed by atoms with Crippen LogP contribution in [0.2, 0.25) is 0 Å². The number of rotatable bonds is 7. The second-order valence-electron chi connectivity index (χ2n) is 2.45. The molecule has 0 atom stereocenters. The minimum absolute atomic E-state index is 0.0585. The van der Waals surface area contributed by atoms with Gasteiger partial charge in [-0.05, 0) is 0 Å². The molecule has 0 aromatic heterocycles. The van der Waals surface area contributed by atoms with Crippen molar-refractivity contribution in [3.63, 3.8) is 0 Å². The standard InChI is InChI=1S/C5H12ClNO5S2/c1-12-3-5-14(10,11)7-2-4-13(6,8)9/h7H,2-5H2,1H3. The minimum atomic E-state index is -3.65. The molecule has 0 radical (unpaired) electrons. The van der Waals surface area contributed by atoms with Crippen LogP contribution in [-0.2, 0) is 23.8 Å². The molecule has 0 unspecified atom stereocenters. The summed E-state index contributed by atoms with van der Waals surface area (Å²) in [4.78, 5) is 0. The van der Waals surface area contributed by atoms with Crippen LogP contribution in [-0.4, -0.2) is 48.6 Å². The molecule has 0 heterocycles. The van der Waals surface area contributed by atoms with Crippen molar-refractivity contribution in [3.05, 3.63) is 0 Å². The molecule has 0 fully saturated rings. The summed E-state index contributed by atoms with van der Waals surface area (Å²) >= 11 is 0. The molecule has 0 aliphatic heterocycles. The summed E-state index contributed by atoms with van der Waals surface area (Å²) in [5, 5.41) is 0. The Morgan fingerprint density at radius 3 is 2.21 bits per heavy atom.